The molecule has 1 aromatic carbocycles. The summed E-state index contributed by atoms with van der Waals surface area (Å²) in [6.07, 6.45) is 2.86. The number of hydrogen-bond acceptors (Lipinski definition) is 7. The van der Waals surface area contributed by atoms with Crippen molar-refractivity contribution in [3.05, 3.63) is 50.6 Å². The zero-order valence-electron chi connectivity index (χ0n) is 16.1. The lowest BCUT2D eigenvalue weighted by atomic mass is 9.89. The van der Waals surface area contributed by atoms with Crippen molar-refractivity contribution in [2.45, 2.75) is 32.7 Å². The number of aromatic nitrogens is 3. The Morgan fingerprint density at radius 2 is 2.07 bits per heavy atom. The van der Waals surface area contributed by atoms with Gasteiger partial charge in [0, 0.05) is 10.6 Å². The van der Waals surface area contributed by atoms with Crippen LogP contribution in [-0.2, 0) is 28.9 Å². The van der Waals surface area contributed by atoms with Crippen LogP contribution in [0.15, 0.2) is 29.1 Å². The van der Waals surface area contributed by atoms with Gasteiger partial charge >= 0.3 is 5.97 Å². The van der Waals surface area contributed by atoms with Crippen LogP contribution in [0.25, 0.3) is 10.2 Å². The fourth-order valence-electron chi connectivity index (χ4n) is 3.54. The van der Waals surface area contributed by atoms with E-state index in [1.165, 1.54) is 23.3 Å². The number of ether oxygens (including phenoxy) is 1. The zero-order valence-corrected chi connectivity index (χ0v) is 16.9. The predicted molar refractivity (Wildman–Crippen MR) is 109 cm³/mol. The molecule has 0 radical (unpaired) electrons. The molecule has 1 aliphatic rings. The second-order valence-electron chi connectivity index (χ2n) is 7.20. The first-order chi connectivity index (χ1) is 14.0. The molecule has 0 aliphatic heterocycles. The average Bonchev–Trinajstić information content (AvgIpc) is 3.08. The molecule has 4 rings (SSSR count). The first kappa shape index (κ1) is 19.3. The number of benzene rings is 1. The number of rotatable bonds is 4. The van der Waals surface area contributed by atoms with E-state index < -0.39 is 11.9 Å². The van der Waals surface area contributed by atoms with Crippen molar-refractivity contribution in [1.29, 1.82) is 0 Å². The number of carbonyl (C=O) groups excluding carboxylic acids is 2. The number of nitrogens with one attached hydrogen (secondary N) is 1. The molecule has 150 valence electrons. The summed E-state index contributed by atoms with van der Waals surface area (Å²) >= 11 is 1.53. The van der Waals surface area contributed by atoms with Crippen molar-refractivity contribution in [2.24, 2.45) is 5.92 Å². The summed E-state index contributed by atoms with van der Waals surface area (Å²) in [6.45, 7) is 1.97. The molecule has 1 amide bonds. The van der Waals surface area contributed by atoms with Gasteiger partial charge in [0.05, 0.1) is 18.1 Å². The van der Waals surface area contributed by atoms with Gasteiger partial charge in [-0.05, 0) is 55.0 Å². The summed E-state index contributed by atoms with van der Waals surface area (Å²) in [5.74, 6) is -0.252. The minimum absolute atomic E-state index is 0.235. The third-order valence-electron chi connectivity index (χ3n) is 5.07. The van der Waals surface area contributed by atoms with Gasteiger partial charge in [0.1, 0.15) is 6.54 Å². The molecule has 0 bridgehead atoms. The molecule has 0 saturated heterocycles. The van der Waals surface area contributed by atoms with Gasteiger partial charge in [0.25, 0.3) is 5.56 Å². The van der Waals surface area contributed by atoms with Crippen molar-refractivity contribution >= 4 is 39.1 Å². The second-order valence-corrected chi connectivity index (χ2v) is 8.28. The zero-order chi connectivity index (χ0) is 20.5. The number of fused-ring (bicyclic) bond motifs is 3. The number of esters is 1. The van der Waals surface area contributed by atoms with Crippen LogP contribution in [0.5, 0.6) is 0 Å². The van der Waals surface area contributed by atoms with Crippen LogP contribution < -0.4 is 10.9 Å². The summed E-state index contributed by atoms with van der Waals surface area (Å²) in [6, 6.07) is 6.30. The molecule has 0 spiro atoms. The highest BCUT2D eigenvalue weighted by atomic mass is 32.1. The van der Waals surface area contributed by atoms with Gasteiger partial charge in [-0.15, -0.1) is 16.4 Å². The SMILES string of the molecule is COC(=O)c1ccc(NC(=O)Cn2nnc3sc4c(c3c2=O)CC[C@H](C)C4)cc1. The van der Waals surface area contributed by atoms with Crippen LogP contribution in [0.4, 0.5) is 5.69 Å². The van der Waals surface area contributed by atoms with E-state index in [1.54, 1.807) is 24.3 Å². The summed E-state index contributed by atoms with van der Waals surface area (Å²) in [5, 5.41) is 11.4. The number of amides is 1. The van der Waals surface area contributed by atoms with Crippen molar-refractivity contribution in [3.8, 4) is 0 Å². The van der Waals surface area contributed by atoms with Crippen LogP contribution in [0.3, 0.4) is 0 Å². The summed E-state index contributed by atoms with van der Waals surface area (Å²) in [5.41, 5.74) is 1.68. The van der Waals surface area contributed by atoms with E-state index in [9.17, 15) is 14.4 Å². The van der Waals surface area contributed by atoms with E-state index in [4.69, 9.17) is 0 Å². The highest BCUT2D eigenvalue weighted by molar-refractivity contribution is 7.18. The Balaban J connectivity index is 1.53. The number of anilines is 1. The number of thiophene rings is 1. The highest BCUT2D eigenvalue weighted by Gasteiger charge is 2.24. The molecule has 2 aromatic heterocycles. The minimum Gasteiger partial charge on any atom is -0.465 e. The molecule has 0 saturated carbocycles. The molecule has 29 heavy (non-hydrogen) atoms. The van der Waals surface area contributed by atoms with Gasteiger partial charge in [0.2, 0.25) is 5.91 Å². The molecule has 1 N–H and O–H groups in total. The average molecular weight is 412 g/mol. The molecule has 8 nitrogen and oxygen atoms in total. The molecule has 0 unspecified atom stereocenters. The summed E-state index contributed by atoms with van der Waals surface area (Å²) in [7, 11) is 1.30. The highest BCUT2D eigenvalue weighted by Crippen LogP contribution is 2.35. The first-order valence-corrected chi connectivity index (χ1v) is 10.1. The van der Waals surface area contributed by atoms with Crippen molar-refractivity contribution in [1.82, 2.24) is 15.0 Å². The van der Waals surface area contributed by atoms with Crippen LogP contribution in [0, 0.1) is 5.92 Å². The quantitative estimate of drug-likeness (QED) is 0.660. The van der Waals surface area contributed by atoms with Crippen molar-refractivity contribution < 1.29 is 14.3 Å². The normalized spacial score (nSPS) is 15.7. The molecule has 0 fully saturated rings. The van der Waals surface area contributed by atoms with Crippen LogP contribution >= 0.6 is 11.3 Å². The Morgan fingerprint density at radius 1 is 1.31 bits per heavy atom. The van der Waals surface area contributed by atoms with Gasteiger partial charge in [0.15, 0.2) is 4.83 Å². The van der Waals surface area contributed by atoms with Gasteiger partial charge < -0.3 is 10.1 Å². The Morgan fingerprint density at radius 3 is 2.79 bits per heavy atom. The van der Waals surface area contributed by atoms with Crippen LogP contribution in [-0.4, -0.2) is 34.0 Å². The third kappa shape index (κ3) is 3.77. The van der Waals surface area contributed by atoms with Gasteiger partial charge in [-0.1, -0.05) is 12.1 Å². The summed E-state index contributed by atoms with van der Waals surface area (Å²) < 4.78 is 5.75. The lowest BCUT2D eigenvalue weighted by Gasteiger charge is -2.17. The topological polar surface area (TPSA) is 103 Å². The van der Waals surface area contributed by atoms with Crippen molar-refractivity contribution in [3.63, 3.8) is 0 Å². The third-order valence-corrected chi connectivity index (χ3v) is 6.21. The number of hydrogen-bond donors (Lipinski definition) is 1. The van der Waals surface area contributed by atoms with Gasteiger partial charge in [-0.2, -0.15) is 0 Å². The maximum Gasteiger partial charge on any atom is 0.337 e. The lowest BCUT2D eigenvalue weighted by molar-refractivity contribution is -0.117. The molecule has 1 atom stereocenters. The Labute approximate surface area is 170 Å². The molecule has 1 aliphatic carbocycles. The summed E-state index contributed by atoms with van der Waals surface area (Å²) in [4.78, 5) is 38.6. The lowest BCUT2D eigenvalue weighted by Crippen LogP contribution is -2.30. The first-order valence-electron chi connectivity index (χ1n) is 9.32. The van der Waals surface area contributed by atoms with E-state index in [1.807, 2.05) is 0 Å². The standard InChI is InChI=1S/C20H20N4O4S/c1-11-3-8-14-15(9-11)29-18-17(14)19(26)24(23-22-18)10-16(25)21-13-6-4-12(5-7-13)20(27)28-2/h4-7,11H,3,8-10H2,1-2H3,(H,21,25)/t11-/m0/s1. The van der Waals surface area contributed by atoms with Crippen LogP contribution in [0.2, 0.25) is 0 Å². The van der Waals surface area contributed by atoms with E-state index >= 15 is 0 Å². The number of nitrogens with zero attached hydrogens (tertiary/aromatic N) is 3. The Hall–Kier alpha value is -3.07. The van der Waals surface area contributed by atoms with Crippen molar-refractivity contribution in [2.75, 3.05) is 12.4 Å². The monoisotopic (exact) mass is 412 g/mol. The largest absolute Gasteiger partial charge is 0.465 e. The maximum absolute atomic E-state index is 12.9. The van der Waals surface area contributed by atoms with E-state index in [-0.39, 0.29) is 12.1 Å². The smallest absolute Gasteiger partial charge is 0.337 e. The fourth-order valence-corrected chi connectivity index (χ4v) is 4.86. The van der Waals surface area contributed by atoms with E-state index in [0.29, 0.717) is 27.4 Å². The molecule has 9 heteroatoms. The molecular weight excluding hydrogens is 392 g/mol. The minimum atomic E-state index is -0.452. The molecule has 3 aromatic rings. The van der Waals surface area contributed by atoms with Gasteiger partial charge in [-0.25, -0.2) is 9.48 Å². The van der Waals surface area contributed by atoms with Gasteiger partial charge in [-0.3, -0.25) is 9.59 Å². The second kappa shape index (κ2) is 7.75. The van der Waals surface area contributed by atoms with Crippen LogP contribution in [0.1, 0.15) is 34.1 Å². The Kier molecular flexibility index (Phi) is 5.14. The number of methoxy groups -OCH3 is 1. The van der Waals surface area contributed by atoms with E-state index in [0.717, 1.165) is 29.5 Å². The maximum atomic E-state index is 12.9. The van der Waals surface area contributed by atoms with E-state index in [2.05, 4.69) is 27.3 Å². The fraction of sp³-hybridized carbons (Fsp3) is 0.350. The molecule has 2 heterocycles. The number of aryl methyl sites for hydroxylation is 1. The molecular formula is C20H20N4O4S. The number of carbonyl (C=O) groups is 2. The predicted octanol–water partition coefficient (Wildman–Crippen LogP) is 2.40. The Bertz CT molecular complexity index is 1150.